The minimum absolute atomic E-state index is 0.0259. The number of nitrogens with zero attached hydrogens (tertiary/aromatic N) is 2. The Labute approximate surface area is 295 Å². The fourth-order valence-corrected chi connectivity index (χ4v) is 6.67. The molecule has 12 nitrogen and oxygen atoms in total. The highest BCUT2D eigenvalue weighted by Crippen LogP contribution is 2.36. The van der Waals surface area contributed by atoms with Crippen LogP contribution in [0.25, 0.3) is 50.4 Å². The van der Waals surface area contributed by atoms with E-state index in [2.05, 4.69) is 28.4 Å². The lowest BCUT2D eigenvalue weighted by molar-refractivity contribution is -0.139. The van der Waals surface area contributed by atoms with Gasteiger partial charge in [0.15, 0.2) is 0 Å². The van der Waals surface area contributed by atoms with Crippen molar-refractivity contribution in [2.24, 2.45) is 0 Å². The molecule has 2 atom stereocenters. The largest absolute Gasteiger partial charge is 0.481 e. The van der Waals surface area contributed by atoms with Crippen molar-refractivity contribution in [1.29, 1.82) is 0 Å². The molecule has 7 N–H and O–H groups in total. The number of aliphatic hydroxyl groups is 1. The van der Waals surface area contributed by atoms with Gasteiger partial charge in [0, 0.05) is 59.0 Å². The van der Waals surface area contributed by atoms with Gasteiger partial charge in [0.1, 0.15) is 6.04 Å². The normalized spacial score (nSPS) is 16.9. The maximum Gasteiger partial charge on any atom is 0.320 e. The zero-order valence-electron chi connectivity index (χ0n) is 29.2. The highest BCUT2D eigenvalue weighted by molar-refractivity contribution is 5.98. The van der Waals surface area contributed by atoms with Crippen LogP contribution in [0.4, 0.5) is 0 Å². The summed E-state index contributed by atoms with van der Waals surface area (Å²) in [5.41, 5.74) is 13.7. The first-order chi connectivity index (χ1) is 24.2. The van der Waals surface area contributed by atoms with E-state index in [1.165, 1.54) is 0 Å². The summed E-state index contributed by atoms with van der Waals surface area (Å²) in [6, 6.07) is 7.34. The molecule has 51 heavy (non-hydrogen) atoms. The van der Waals surface area contributed by atoms with Gasteiger partial charge in [-0.1, -0.05) is 25.3 Å². The SMILES string of the molecule is C=CC1=C(C)c2cc3[nH]c(cc4nc(cc5[nH]c(cc1n2)c(C)c5CCC(=O)O)C(CCC(=O)O)=C4C)c(C)c3C=C.O=C(O)[C@@H]1CC(O)CN1. The van der Waals surface area contributed by atoms with Crippen LogP contribution in [0.3, 0.4) is 0 Å². The molecular formula is C39H43N5O7. The third-order valence-electron chi connectivity index (χ3n) is 9.63. The van der Waals surface area contributed by atoms with Gasteiger partial charge in [0.05, 0.1) is 28.9 Å². The Bertz CT molecular complexity index is 2190. The number of β-amino-alcohol motifs (C(OH)–C–C–N with tert-alkyl or cyclic N) is 1. The van der Waals surface area contributed by atoms with Gasteiger partial charge in [-0.25, -0.2) is 9.97 Å². The average molecular weight is 694 g/mol. The van der Waals surface area contributed by atoms with Crippen molar-refractivity contribution < 1.29 is 34.8 Å². The van der Waals surface area contributed by atoms with Crippen LogP contribution in [0.2, 0.25) is 0 Å². The number of aliphatic hydroxyl groups excluding tert-OH is 1. The van der Waals surface area contributed by atoms with Crippen molar-refractivity contribution in [3.8, 4) is 0 Å². The first-order valence-corrected chi connectivity index (χ1v) is 16.7. The fraction of sp³-hybridized carbons (Fsp3) is 0.308. The molecule has 0 spiro atoms. The number of carboxylic acids is 3. The first kappa shape index (κ1) is 36.7. The van der Waals surface area contributed by atoms with Crippen LogP contribution in [0.15, 0.2) is 43.5 Å². The van der Waals surface area contributed by atoms with E-state index in [-0.39, 0.29) is 12.8 Å². The number of H-pyrrole nitrogens is 2. The minimum Gasteiger partial charge on any atom is -0.481 e. The Kier molecular flexibility index (Phi) is 10.9. The quantitative estimate of drug-likeness (QED) is 0.133. The maximum atomic E-state index is 11.5. The molecule has 8 bridgehead atoms. The molecule has 0 aromatic carbocycles. The predicted molar refractivity (Wildman–Crippen MR) is 199 cm³/mol. The van der Waals surface area contributed by atoms with Gasteiger partial charge in [-0.2, -0.15) is 0 Å². The van der Waals surface area contributed by atoms with Crippen LogP contribution in [0.5, 0.6) is 0 Å². The number of aromatic nitrogens is 4. The zero-order valence-corrected chi connectivity index (χ0v) is 29.2. The Morgan fingerprint density at radius 1 is 0.765 bits per heavy atom. The number of hydrogen-bond acceptors (Lipinski definition) is 7. The highest BCUT2D eigenvalue weighted by atomic mass is 16.4. The molecule has 266 valence electrons. The number of carboxylic acid groups (broad SMARTS) is 3. The van der Waals surface area contributed by atoms with Crippen molar-refractivity contribution in [2.75, 3.05) is 6.54 Å². The van der Waals surface area contributed by atoms with Crippen LogP contribution in [0, 0.1) is 13.8 Å². The molecule has 0 aliphatic carbocycles. The number of fused-ring (bicyclic) bond motifs is 8. The third-order valence-corrected chi connectivity index (χ3v) is 9.63. The van der Waals surface area contributed by atoms with E-state index < -0.39 is 30.1 Å². The Morgan fingerprint density at radius 2 is 1.33 bits per heavy atom. The second kappa shape index (κ2) is 15.1. The molecule has 3 aliphatic rings. The number of hydrogen-bond donors (Lipinski definition) is 7. The van der Waals surface area contributed by atoms with Crippen molar-refractivity contribution in [1.82, 2.24) is 25.3 Å². The van der Waals surface area contributed by atoms with E-state index in [9.17, 15) is 24.6 Å². The summed E-state index contributed by atoms with van der Waals surface area (Å²) in [5.74, 6) is -2.65. The molecule has 12 heteroatoms. The van der Waals surface area contributed by atoms with Crippen LogP contribution < -0.4 is 5.32 Å². The second-order valence-electron chi connectivity index (χ2n) is 12.9. The van der Waals surface area contributed by atoms with Gasteiger partial charge in [0.25, 0.3) is 0 Å². The van der Waals surface area contributed by atoms with Gasteiger partial charge >= 0.3 is 17.9 Å². The summed E-state index contributed by atoms with van der Waals surface area (Å²) in [6.07, 6.45) is 4.07. The second-order valence-corrected chi connectivity index (χ2v) is 12.9. The van der Waals surface area contributed by atoms with Crippen molar-refractivity contribution >= 4 is 68.3 Å². The first-order valence-electron chi connectivity index (χ1n) is 16.7. The maximum absolute atomic E-state index is 11.5. The van der Waals surface area contributed by atoms with Gasteiger partial charge in [-0.15, -0.1) is 0 Å². The zero-order chi connectivity index (χ0) is 37.1. The highest BCUT2D eigenvalue weighted by Gasteiger charge is 2.27. The van der Waals surface area contributed by atoms with Crippen LogP contribution in [-0.2, 0) is 20.8 Å². The molecule has 0 saturated carbocycles. The molecule has 3 aromatic heterocycles. The average Bonchev–Trinajstić information content (AvgIpc) is 3.85. The lowest BCUT2D eigenvalue weighted by Crippen LogP contribution is -2.29. The van der Waals surface area contributed by atoms with E-state index >= 15 is 0 Å². The summed E-state index contributed by atoms with van der Waals surface area (Å²) in [4.78, 5) is 50.2. The molecule has 0 amide bonds. The van der Waals surface area contributed by atoms with Gasteiger partial charge in [0.2, 0.25) is 0 Å². The molecule has 1 fully saturated rings. The topological polar surface area (TPSA) is 202 Å². The summed E-state index contributed by atoms with van der Waals surface area (Å²) in [6.45, 7) is 16.4. The number of nitrogens with one attached hydrogen (secondary N) is 3. The Hall–Kier alpha value is -5.59. The molecule has 3 aromatic rings. The number of allylic oxidation sites excluding steroid dienone is 5. The smallest absolute Gasteiger partial charge is 0.320 e. The molecule has 6 heterocycles. The molecule has 0 radical (unpaired) electrons. The van der Waals surface area contributed by atoms with E-state index in [1.807, 2.05) is 58.0 Å². The Balaban J connectivity index is 0.000000488. The molecule has 1 saturated heterocycles. The number of aryl methyl sites for hydroxylation is 3. The summed E-state index contributed by atoms with van der Waals surface area (Å²) >= 11 is 0. The van der Waals surface area contributed by atoms with Gasteiger partial charge < -0.3 is 35.7 Å². The van der Waals surface area contributed by atoms with Crippen LogP contribution in [0.1, 0.15) is 84.6 Å². The van der Waals surface area contributed by atoms with Gasteiger partial charge in [-0.05, 0) is 98.2 Å². The number of rotatable bonds is 9. The van der Waals surface area contributed by atoms with E-state index in [1.54, 1.807) is 6.08 Å². The van der Waals surface area contributed by atoms with E-state index in [4.69, 9.17) is 20.2 Å². The van der Waals surface area contributed by atoms with Crippen molar-refractivity contribution in [3.63, 3.8) is 0 Å². The summed E-state index contributed by atoms with van der Waals surface area (Å²) in [7, 11) is 0. The van der Waals surface area contributed by atoms with E-state index in [0.717, 1.165) is 83.7 Å². The van der Waals surface area contributed by atoms with Crippen LogP contribution >= 0.6 is 0 Å². The van der Waals surface area contributed by atoms with Gasteiger partial charge in [-0.3, -0.25) is 14.4 Å². The number of aromatic amines is 2. The summed E-state index contributed by atoms with van der Waals surface area (Å²) in [5, 5.41) is 38.7. The monoisotopic (exact) mass is 693 g/mol. The molecule has 6 rings (SSSR count). The molecule has 1 unspecified atom stereocenters. The van der Waals surface area contributed by atoms with Crippen molar-refractivity contribution in [3.05, 3.63) is 88.5 Å². The van der Waals surface area contributed by atoms with E-state index in [0.29, 0.717) is 31.5 Å². The van der Waals surface area contributed by atoms with Crippen LogP contribution in [-0.4, -0.2) is 77.0 Å². The third kappa shape index (κ3) is 7.77. The lowest BCUT2D eigenvalue weighted by Gasteiger charge is -2.03. The minimum atomic E-state index is -0.883. The lowest BCUT2D eigenvalue weighted by atomic mass is 10.0. The predicted octanol–water partition coefficient (Wildman–Crippen LogP) is 6.30. The molecular weight excluding hydrogens is 650 g/mol. The Morgan fingerprint density at radius 3 is 1.92 bits per heavy atom. The number of aliphatic carboxylic acids is 3. The standard InChI is InChI=1S/C34H34N4O4.C5H9NO3/c1-7-21-17(3)25-13-26-19(5)23(9-11-33(39)40)31(37-26)16-32-24(10-12-34(41)42)20(6)28(38-32)15-30-22(8-2)18(4)27(36-30)14-29(21)35-25;7-3-1-4(5(8)9)6-2-3/h7-8,13-16,35,38H,1-2,9-12H2,3-6H3,(H,39,40)(H,41,42);3-4,6-7H,1-2H2,(H,8,9)/t;3?,4-/m.0/s1. The number of carbonyl (C=O) groups is 3. The molecule has 3 aliphatic heterocycles. The van der Waals surface area contributed by atoms with Crippen molar-refractivity contribution in [2.45, 2.75) is 71.9 Å². The fourth-order valence-electron chi connectivity index (χ4n) is 6.67. The summed E-state index contributed by atoms with van der Waals surface area (Å²) < 4.78 is 0.